The van der Waals surface area contributed by atoms with Gasteiger partial charge in [0.2, 0.25) is 5.91 Å². The number of aryl methyl sites for hydroxylation is 1. The summed E-state index contributed by atoms with van der Waals surface area (Å²) in [4.78, 5) is 37.8. The fourth-order valence-corrected chi connectivity index (χ4v) is 3.15. The quantitative estimate of drug-likeness (QED) is 0.758. The van der Waals surface area contributed by atoms with E-state index in [0.717, 1.165) is 11.1 Å². The largest absolute Gasteiger partial charge is 0.479 e. The molecule has 0 saturated heterocycles. The first-order valence-corrected chi connectivity index (χ1v) is 9.42. The van der Waals surface area contributed by atoms with E-state index in [-0.39, 0.29) is 24.7 Å². The van der Waals surface area contributed by atoms with Crippen LogP contribution in [-0.4, -0.2) is 31.0 Å². The van der Waals surface area contributed by atoms with Gasteiger partial charge in [-0.25, -0.2) is 0 Å². The summed E-state index contributed by atoms with van der Waals surface area (Å²) in [6, 6.07) is 13.0. The van der Waals surface area contributed by atoms with Crippen LogP contribution >= 0.6 is 0 Å². The highest BCUT2D eigenvalue weighted by molar-refractivity contribution is 6.01. The normalized spacial score (nSPS) is 15.3. The van der Waals surface area contributed by atoms with Crippen LogP contribution in [0.5, 0.6) is 5.75 Å². The Balaban J connectivity index is 1.83. The van der Waals surface area contributed by atoms with Crippen LogP contribution in [0.1, 0.15) is 30.9 Å². The smallest absolute Gasteiger partial charge is 0.306 e. The molecular weight excluding hydrogens is 372 g/mol. The zero-order valence-electron chi connectivity index (χ0n) is 16.7. The fourth-order valence-electron chi connectivity index (χ4n) is 3.15. The van der Waals surface area contributed by atoms with Crippen molar-refractivity contribution in [3.8, 4) is 5.75 Å². The van der Waals surface area contributed by atoms with Crippen LogP contribution in [0.15, 0.2) is 42.5 Å². The first kappa shape index (κ1) is 20.4. The fraction of sp³-hybridized carbons (Fsp3) is 0.318. The van der Waals surface area contributed by atoms with E-state index in [4.69, 9.17) is 4.74 Å². The van der Waals surface area contributed by atoms with Gasteiger partial charge in [0.1, 0.15) is 5.75 Å². The molecule has 0 aliphatic carbocycles. The lowest BCUT2D eigenvalue weighted by atomic mass is 10.1. The molecule has 1 N–H and O–H groups in total. The second-order valence-electron chi connectivity index (χ2n) is 6.92. The average molecular weight is 396 g/mol. The van der Waals surface area contributed by atoms with Gasteiger partial charge < -0.3 is 19.7 Å². The van der Waals surface area contributed by atoms with Gasteiger partial charge in [-0.3, -0.25) is 14.4 Å². The van der Waals surface area contributed by atoms with E-state index >= 15 is 0 Å². The van der Waals surface area contributed by atoms with E-state index in [1.165, 1.54) is 7.11 Å². The van der Waals surface area contributed by atoms with Gasteiger partial charge in [-0.15, -0.1) is 0 Å². The van der Waals surface area contributed by atoms with E-state index in [0.29, 0.717) is 23.7 Å². The molecule has 0 spiro atoms. The molecule has 0 radical (unpaired) electrons. The lowest BCUT2D eigenvalue weighted by Gasteiger charge is -2.33. The van der Waals surface area contributed by atoms with Crippen molar-refractivity contribution in [2.24, 2.45) is 0 Å². The number of carbonyl (C=O) groups is 3. The first-order chi connectivity index (χ1) is 13.9. The molecule has 0 saturated carbocycles. The van der Waals surface area contributed by atoms with Crippen LogP contribution in [-0.2, 0) is 25.7 Å². The molecule has 2 aromatic carbocycles. The molecule has 1 unspecified atom stereocenters. The van der Waals surface area contributed by atoms with Gasteiger partial charge in [0.15, 0.2) is 6.10 Å². The molecule has 3 rings (SSSR count). The van der Waals surface area contributed by atoms with Gasteiger partial charge in [-0.05, 0) is 43.2 Å². The number of rotatable bonds is 6. The molecule has 29 heavy (non-hydrogen) atoms. The number of hydrogen-bond donors (Lipinski definition) is 1. The van der Waals surface area contributed by atoms with Gasteiger partial charge in [-0.1, -0.05) is 24.3 Å². The number of ether oxygens (including phenoxy) is 2. The molecule has 0 aromatic heterocycles. The van der Waals surface area contributed by atoms with Crippen molar-refractivity contribution in [2.75, 3.05) is 17.3 Å². The van der Waals surface area contributed by atoms with E-state index in [9.17, 15) is 14.4 Å². The number of carbonyl (C=O) groups excluding carboxylic acids is 3. The maximum Gasteiger partial charge on any atom is 0.306 e. The number of hydrogen-bond acceptors (Lipinski definition) is 5. The highest BCUT2D eigenvalue weighted by atomic mass is 16.5. The number of anilines is 2. The molecule has 1 aliphatic rings. The standard InChI is InChI=1S/C22H24N2O5/c1-14-6-4-5-7-16(14)13-24-18-12-17(23-20(25)10-11-21(26)28-3)8-9-19(18)29-15(2)22(24)27/h4-9,12,15H,10-11,13H2,1-3H3,(H,23,25). The second kappa shape index (κ2) is 8.77. The lowest BCUT2D eigenvalue weighted by molar-refractivity contribution is -0.141. The van der Waals surface area contributed by atoms with Crippen molar-refractivity contribution < 1.29 is 23.9 Å². The molecular formula is C22H24N2O5. The molecule has 1 heterocycles. The van der Waals surface area contributed by atoms with Crippen molar-refractivity contribution in [3.63, 3.8) is 0 Å². The zero-order chi connectivity index (χ0) is 21.0. The molecule has 7 heteroatoms. The average Bonchev–Trinajstić information content (AvgIpc) is 2.71. The van der Waals surface area contributed by atoms with Crippen LogP contribution in [0.3, 0.4) is 0 Å². The third kappa shape index (κ3) is 4.74. The van der Waals surface area contributed by atoms with Gasteiger partial charge in [-0.2, -0.15) is 0 Å². The lowest BCUT2D eigenvalue weighted by Crippen LogP contribution is -2.44. The summed E-state index contributed by atoms with van der Waals surface area (Å²) >= 11 is 0. The molecule has 0 fully saturated rings. The van der Waals surface area contributed by atoms with E-state index in [1.807, 2.05) is 31.2 Å². The molecule has 1 atom stereocenters. The molecule has 1 aliphatic heterocycles. The predicted octanol–water partition coefficient (Wildman–Crippen LogP) is 3.20. The number of nitrogens with one attached hydrogen (secondary N) is 1. The van der Waals surface area contributed by atoms with Crippen LogP contribution < -0.4 is 15.0 Å². The Morgan fingerprint density at radius 3 is 2.66 bits per heavy atom. The Kier molecular flexibility index (Phi) is 6.16. The minimum atomic E-state index is -0.591. The van der Waals surface area contributed by atoms with E-state index in [2.05, 4.69) is 10.1 Å². The van der Waals surface area contributed by atoms with Crippen molar-refractivity contribution in [3.05, 3.63) is 53.6 Å². The number of methoxy groups -OCH3 is 1. The van der Waals surface area contributed by atoms with Crippen LogP contribution in [0.2, 0.25) is 0 Å². The van der Waals surface area contributed by atoms with Gasteiger partial charge in [0.05, 0.1) is 25.8 Å². The summed E-state index contributed by atoms with van der Waals surface area (Å²) < 4.78 is 10.3. The summed E-state index contributed by atoms with van der Waals surface area (Å²) in [6.07, 6.45) is -0.568. The minimum absolute atomic E-state index is 0.00575. The third-order valence-corrected chi connectivity index (χ3v) is 4.82. The van der Waals surface area contributed by atoms with E-state index < -0.39 is 12.1 Å². The molecule has 0 bridgehead atoms. The number of esters is 1. The monoisotopic (exact) mass is 396 g/mol. The highest BCUT2D eigenvalue weighted by Crippen LogP contribution is 2.37. The topological polar surface area (TPSA) is 84.9 Å². The minimum Gasteiger partial charge on any atom is -0.479 e. The van der Waals surface area contributed by atoms with Crippen molar-refractivity contribution >= 4 is 29.2 Å². The zero-order valence-corrected chi connectivity index (χ0v) is 16.7. The van der Waals surface area contributed by atoms with Gasteiger partial charge >= 0.3 is 5.97 Å². The molecule has 2 aromatic rings. The number of fused-ring (bicyclic) bond motifs is 1. The Morgan fingerprint density at radius 2 is 1.93 bits per heavy atom. The summed E-state index contributed by atoms with van der Waals surface area (Å²) in [5.41, 5.74) is 3.25. The first-order valence-electron chi connectivity index (χ1n) is 9.42. The predicted molar refractivity (Wildman–Crippen MR) is 109 cm³/mol. The number of benzene rings is 2. The van der Waals surface area contributed by atoms with Crippen molar-refractivity contribution in [2.45, 2.75) is 39.3 Å². The Labute approximate surface area is 169 Å². The van der Waals surface area contributed by atoms with Crippen molar-refractivity contribution in [1.82, 2.24) is 0 Å². The molecule has 7 nitrogen and oxygen atoms in total. The van der Waals surface area contributed by atoms with Crippen LogP contribution in [0, 0.1) is 6.92 Å². The summed E-state index contributed by atoms with van der Waals surface area (Å²) in [5.74, 6) is -0.312. The van der Waals surface area contributed by atoms with E-state index in [1.54, 1.807) is 30.0 Å². The van der Waals surface area contributed by atoms with Gasteiger partial charge in [0.25, 0.3) is 5.91 Å². The summed E-state index contributed by atoms with van der Waals surface area (Å²) in [5, 5.41) is 2.75. The maximum absolute atomic E-state index is 12.8. The SMILES string of the molecule is COC(=O)CCC(=O)Nc1ccc2c(c1)N(Cc1ccccc1C)C(=O)C(C)O2. The van der Waals surface area contributed by atoms with Crippen LogP contribution in [0.25, 0.3) is 0 Å². The van der Waals surface area contributed by atoms with Gasteiger partial charge in [0, 0.05) is 12.1 Å². The Hall–Kier alpha value is -3.35. The Morgan fingerprint density at radius 1 is 1.17 bits per heavy atom. The highest BCUT2D eigenvalue weighted by Gasteiger charge is 2.32. The van der Waals surface area contributed by atoms with Crippen LogP contribution in [0.4, 0.5) is 11.4 Å². The summed E-state index contributed by atoms with van der Waals surface area (Å²) in [6.45, 7) is 4.13. The number of amides is 2. The molecule has 2 amide bonds. The second-order valence-corrected chi connectivity index (χ2v) is 6.92. The Bertz CT molecular complexity index is 941. The number of nitrogens with zero attached hydrogens (tertiary/aromatic N) is 1. The summed E-state index contributed by atoms with van der Waals surface area (Å²) in [7, 11) is 1.28. The third-order valence-electron chi connectivity index (χ3n) is 4.82. The molecule has 152 valence electrons. The van der Waals surface area contributed by atoms with Crippen molar-refractivity contribution in [1.29, 1.82) is 0 Å². The maximum atomic E-state index is 12.8.